The molecule has 45 heavy (non-hydrogen) atoms. The Hall–Kier alpha value is -4.12. The molecule has 0 radical (unpaired) electrons. The summed E-state index contributed by atoms with van der Waals surface area (Å²) in [6, 6.07) is 1.64. The van der Waals surface area contributed by atoms with Gasteiger partial charge in [-0.2, -0.15) is 0 Å². The summed E-state index contributed by atoms with van der Waals surface area (Å²) in [6.45, 7) is 0.235. The van der Waals surface area contributed by atoms with Gasteiger partial charge < -0.3 is 54.7 Å². The van der Waals surface area contributed by atoms with Crippen molar-refractivity contribution in [1.82, 2.24) is 5.32 Å². The van der Waals surface area contributed by atoms with E-state index in [9.17, 15) is 38.5 Å². The molecule has 2 rings (SSSR count). The van der Waals surface area contributed by atoms with Crippen molar-refractivity contribution in [1.29, 1.82) is 0 Å². The predicted octanol–water partition coefficient (Wildman–Crippen LogP) is -0.298. The van der Waals surface area contributed by atoms with E-state index in [-0.39, 0.29) is 51.7 Å². The number of carbonyl (C=O) groups is 3. The number of aliphatic hydroxyl groups excluding tert-OH is 3. The maximum atomic E-state index is 13.9. The van der Waals surface area contributed by atoms with E-state index in [1.165, 1.54) is 0 Å². The third-order valence-corrected chi connectivity index (χ3v) is 5.96. The number of hydrogen-bond donors (Lipinski definition) is 6. The number of terminal acetylenes is 1. The molecular weight excluding hydrogens is 612 g/mol. The van der Waals surface area contributed by atoms with Gasteiger partial charge in [0.05, 0.1) is 32.0 Å². The largest absolute Gasteiger partial charge is 0.479 e. The number of carbonyl (C=O) groups excluding carboxylic acids is 2. The number of benzene rings is 1. The van der Waals surface area contributed by atoms with Crippen LogP contribution >= 0.6 is 0 Å². The van der Waals surface area contributed by atoms with Crippen molar-refractivity contribution in [3.8, 4) is 18.1 Å². The molecule has 0 aromatic heterocycles. The molecule has 1 unspecified atom stereocenters. The van der Waals surface area contributed by atoms with Gasteiger partial charge in [0, 0.05) is 17.1 Å². The van der Waals surface area contributed by atoms with Crippen LogP contribution in [0, 0.1) is 12.3 Å². The highest BCUT2D eigenvalue weighted by atomic mass is 19.3. The molecule has 1 heterocycles. The molecule has 1 aromatic carbocycles. The highest BCUT2D eigenvalue weighted by Gasteiger charge is 2.48. The molecule has 248 valence electrons. The van der Waals surface area contributed by atoms with Crippen LogP contribution in [0.5, 0.6) is 5.75 Å². The first kappa shape index (κ1) is 37.1. The number of nitrogens with one attached hydrogen (secondary N) is 2. The average molecular weight is 646 g/mol. The Kier molecular flexibility index (Phi) is 15.9. The SMILES string of the molecule is C#CCOCCOCCOCC(=O)NC(CCN=[N+]=[N-])C(=O)Nc1ccc(O[C@H]2O[C@@H](C(=O)O)[C@H](O)[C@@H](O)[C@@H]2O)c(C(F)F)c1. The summed E-state index contributed by atoms with van der Waals surface area (Å²) in [5.74, 6) is -1.55. The second kappa shape index (κ2) is 19.3. The lowest BCUT2D eigenvalue weighted by molar-refractivity contribution is -0.271. The van der Waals surface area contributed by atoms with Crippen LogP contribution in [-0.2, 0) is 33.3 Å². The Balaban J connectivity index is 2.03. The summed E-state index contributed by atoms with van der Waals surface area (Å²) in [6.07, 6.45) is -8.35. The molecule has 0 aliphatic carbocycles. The summed E-state index contributed by atoms with van der Waals surface area (Å²) in [5, 5.41) is 47.1. The number of azide groups is 1. The first-order valence-corrected chi connectivity index (χ1v) is 13.3. The van der Waals surface area contributed by atoms with Gasteiger partial charge in [-0.15, -0.1) is 6.42 Å². The number of hydrogen-bond acceptors (Lipinski definition) is 12. The van der Waals surface area contributed by atoms with Crippen LogP contribution < -0.4 is 15.4 Å². The van der Waals surface area contributed by atoms with Gasteiger partial charge in [-0.1, -0.05) is 11.0 Å². The Bertz CT molecular complexity index is 1230. The highest BCUT2D eigenvalue weighted by molar-refractivity contribution is 5.97. The lowest BCUT2D eigenvalue weighted by Gasteiger charge is -2.38. The topological polar surface area (TPSA) is 251 Å². The van der Waals surface area contributed by atoms with Crippen LogP contribution in [0.2, 0.25) is 0 Å². The van der Waals surface area contributed by atoms with E-state index in [0.29, 0.717) is 0 Å². The smallest absolute Gasteiger partial charge is 0.335 e. The molecule has 1 fully saturated rings. The molecule has 19 heteroatoms. The van der Waals surface area contributed by atoms with E-state index in [4.69, 9.17) is 40.7 Å². The molecule has 1 saturated heterocycles. The Morgan fingerprint density at radius 1 is 1.09 bits per heavy atom. The van der Waals surface area contributed by atoms with Crippen molar-refractivity contribution in [2.24, 2.45) is 5.11 Å². The van der Waals surface area contributed by atoms with Crippen molar-refractivity contribution < 1.29 is 67.3 Å². The van der Waals surface area contributed by atoms with Crippen molar-refractivity contribution >= 4 is 23.5 Å². The van der Waals surface area contributed by atoms with Crippen LogP contribution in [0.25, 0.3) is 10.4 Å². The van der Waals surface area contributed by atoms with Gasteiger partial charge in [-0.25, -0.2) is 13.6 Å². The van der Waals surface area contributed by atoms with Gasteiger partial charge in [0.15, 0.2) is 6.10 Å². The maximum absolute atomic E-state index is 13.9. The number of aliphatic carboxylic acids is 1. The Labute approximate surface area is 255 Å². The molecule has 0 spiro atoms. The molecule has 6 N–H and O–H groups in total. The standard InChI is InChI=1S/C26H33F2N5O12/c1-2-7-41-8-9-42-10-11-43-13-18(34)32-16(5-6-30-33-29)24(38)31-14-3-4-17(15(12-14)23(27)28)44-26-21(37)19(35)20(36)22(45-26)25(39)40/h1,3-4,12,16,19-23,26,35-37H,5-11,13H2,(H,31,38)(H,32,34)(H,39,40)/t16?,19-,20-,21+,22-,26+/m1/s1. The summed E-state index contributed by atoms with van der Waals surface area (Å²) in [4.78, 5) is 39.2. The van der Waals surface area contributed by atoms with Gasteiger partial charge in [-0.3, -0.25) is 9.59 Å². The van der Waals surface area contributed by atoms with Crippen LogP contribution in [0.15, 0.2) is 23.3 Å². The molecule has 1 aliphatic heterocycles. The highest BCUT2D eigenvalue weighted by Crippen LogP contribution is 2.34. The fourth-order valence-electron chi connectivity index (χ4n) is 3.78. The number of ether oxygens (including phenoxy) is 5. The average Bonchev–Trinajstić information content (AvgIpc) is 3.00. The van der Waals surface area contributed by atoms with Crippen LogP contribution in [0.3, 0.4) is 0 Å². The van der Waals surface area contributed by atoms with E-state index in [2.05, 4.69) is 26.6 Å². The molecule has 1 aliphatic rings. The Morgan fingerprint density at radius 3 is 2.42 bits per heavy atom. The van der Waals surface area contributed by atoms with Gasteiger partial charge >= 0.3 is 5.97 Å². The van der Waals surface area contributed by atoms with E-state index < -0.39 is 78.9 Å². The van der Waals surface area contributed by atoms with Gasteiger partial charge in [0.2, 0.25) is 18.1 Å². The third kappa shape index (κ3) is 12.1. The zero-order chi connectivity index (χ0) is 33.4. The van der Waals surface area contributed by atoms with Crippen molar-refractivity contribution in [2.75, 3.05) is 51.5 Å². The third-order valence-electron chi connectivity index (χ3n) is 5.96. The van der Waals surface area contributed by atoms with Crippen LogP contribution in [-0.4, -0.2) is 121 Å². The molecule has 17 nitrogen and oxygen atoms in total. The quantitative estimate of drug-likeness (QED) is 0.0373. The van der Waals surface area contributed by atoms with E-state index >= 15 is 0 Å². The zero-order valence-corrected chi connectivity index (χ0v) is 23.7. The lowest BCUT2D eigenvalue weighted by Crippen LogP contribution is -2.61. The van der Waals surface area contributed by atoms with Gasteiger partial charge in [0.1, 0.15) is 43.3 Å². The normalized spacial score (nSPS) is 21.7. The van der Waals surface area contributed by atoms with Crippen molar-refractivity contribution in [3.63, 3.8) is 0 Å². The first-order valence-electron chi connectivity index (χ1n) is 13.3. The minimum atomic E-state index is -3.21. The monoisotopic (exact) mass is 645 g/mol. The van der Waals surface area contributed by atoms with Crippen LogP contribution in [0.4, 0.5) is 14.5 Å². The number of halogens is 2. The molecule has 0 bridgehead atoms. The summed E-state index contributed by atoms with van der Waals surface area (Å²) < 4.78 is 53.5. The van der Waals surface area contributed by atoms with E-state index in [1.54, 1.807) is 0 Å². The summed E-state index contributed by atoms with van der Waals surface area (Å²) >= 11 is 0. The summed E-state index contributed by atoms with van der Waals surface area (Å²) in [5.41, 5.74) is 7.57. The predicted molar refractivity (Wildman–Crippen MR) is 147 cm³/mol. The molecule has 2 amide bonds. The molecular formula is C26H33F2N5O12. The zero-order valence-electron chi connectivity index (χ0n) is 23.7. The Morgan fingerprint density at radius 2 is 1.78 bits per heavy atom. The fourth-order valence-corrected chi connectivity index (χ4v) is 3.78. The van der Waals surface area contributed by atoms with Gasteiger partial charge in [-0.05, 0) is 30.2 Å². The molecule has 6 atom stereocenters. The molecule has 1 aromatic rings. The molecule has 0 saturated carbocycles. The maximum Gasteiger partial charge on any atom is 0.335 e. The number of aliphatic hydroxyl groups is 3. The van der Waals surface area contributed by atoms with Gasteiger partial charge in [0.25, 0.3) is 6.43 Å². The van der Waals surface area contributed by atoms with Crippen molar-refractivity contribution in [3.05, 3.63) is 34.2 Å². The first-order chi connectivity index (χ1) is 21.5. The second-order valence-electron chi connectivity index (χ2n) is 9.18. The number of nitrogens with zero attached hydrogens (tertiary/aromatic N) is 3. The number of rotatable bonds is 19. The number of carboxylic acid groups (broad SMARTS) is 1. The van der Waals surface area contributed by atoms with Crippen LogP contribution in [0.1, 0.15) is 18.4 Å². The van der Waals surface area contributed by atoms with Crippen molar-refractivity contribution in [2.45, 2.75) is 49.6 Å². The fraction of sp³-hybridized carbons (Fsp3) is 0.577. The summed E-state index contributed by atoms with van der Waals surface area (Å²) in [7, 11) is 0. The van der Waals surface area contributed by atoms with E-state index in [0.717, 1.165) is 18.2 Å². The minimum absolute atomic E-state index is 0.0441. The minimum Gasteiger partial charge on any atom is -0.479 e. The second-order valence-corrected chi connectivity index (χ2v) is 9.18. The number of anilines is 1. The number of alkyl halides is 2. The van der Waals surface area contributed by atoms with E-state index in [1.807, 2.05) is 0 Å². The number of carboxylic acids is 1. The number of amides is 2. The lowest BCUT2D eigenvalue weighted by atomic mass is 9.99.